The molecular weight excluding hydrogens is 309 g/mol. The van der Waals surface area contributed by atoms with Crippen molar-refractivity contribution in [2.24, 2.45) is 17.8 Å². The molecule has 0 bridgehead atoms. The molecule has 0 heterocycles. The van der Waals surface area contributed by atoms with Crippen molar-refractivity contribution in [3.05, 3.63) is 0 Å². The summed E-state index contributed by atoms with van der Waals surface area (Å²) in [4.78, 5) is 31.3. The second kappa shape index (κ2) is 11.9. The Morgan fingerprint density at radius 2 is 1.00 bits per heavy atom. The molecule has 0 amide bonds. The zero-order chi connectivity index (χ0) is 10.9. The normalized spacial score (nSPS) is 25.8. The third-order valence-electron chi connectivity index (χ3n) is 2.50. The fourth-order valence-corrected chi connectivity index (χ4v) is 1.75. The van der Waals surface area contributed by atoms with Crippen LogP contribution in [0.4, 0.5) is 0 Å². The molecule has 0 aromatic rings. The van der Waals surface area contributed by atoms with Crippen molar-refractivity contribution >= 4 is 17.9 Å². The largest absolute Gasteiger partial charge is 1.00 e. The van der Waals surface area contributed by atoms with Gasteiger partial charge in [-0.25, -0.2) is 0 Å². The number of aliphatic carboxylic acids is 3. The monoisotopic (exact) mass is 316 g/mol. The average Bonchev–Trinajstić information content (AvgIpc) is 2.47. The molecule has 0 saturated heterocycles. The Hall–Kier alpha value is 3.32. The fourth-order valence-electron chi connectivity index (χ4n) is 1.75. The van der Waals surface area contributed by atoms with E-state index in [4.69, 9.17) is 0 Å². The molecule has 1 aliphatic carbocycles. The van der Waals surface area contributed by atoms with Gasteiger partial charge in [-0.1, -0.05) is 0 Å². The topological polar surface area (TPSA) is 120 Å². The zero-order valence-corrected chi connectivity index (χ0v) is 19.5. The molecule has 2 unspecified atom stereocenters. The molecule has 1 aliphatic rings. The molecule has 2 atom stereocenters. The summed E-state index contributed by atoms with van der Waals surface area (Å²) in [7, 11) is 0. The van der Waals surface area contributed by atoms with Gasteiger partial charge < -0.3 is 29.7 Å². The molecule has 1 rings (SSSR count). The first-order chi connectivity index (χ1) is 6.43. The molecule has 17 heavy (non-hydrogen) atoms. The molecular formula is C8H7K3O6. The minimum Gasteiger partial charge on any atom is -0.550 e. The van der Waals surface area contributed by atoms with Crippen LogP contribution in [0.3, 0.4) is 0 Å². The number of carbonyl (C=O) groups excluding carboxylic acids is 3. The maximum atomic E-state index is 10.5. The molecule has 0 spiro atoms. The van der Waals surface area contributed by atoms with E-state index in [9.17, 15) is 29.7 Å². The average molecular weight is 316 g/mol. The third-order valence-corrected chi connectivity index (χ3v) is 2.50. The first-order valence-corrected chi connectivity index (χ1v) is 4.06. The molecule has 78 valence electrons. The standard InChI is InChI=1S/C8H10O6.3K/c9-6(10)3-1-4(7(11)12)5(2-3)8(13)14;;;/h3-5H,1-2H2,(H,9,10)(H,11,12)(H,13,14);;;/q;3*+1/p-3. The van der Waals surface area contributed by atoms with E-state index in [0.29, 0.717) is 0 Å². The molecule has 9 heteroatoms. The number of hydrogen-bond acceptors (Lipinski definition) is 6. The maximum Gasteiger partial charge on any atom is 1.00 e. The Morgan fingerprint density at radius 1 is 0.706 bits per heavy atom. The van der Waals surface area contributed by atoms with Crippen LogP contribution < -0.4 is 169 Å². The van der Waals surface area contributed by atoms with Crippen LogP contribution in [-0.2, 0) is 14.4 Å². The zero-order valence-electron chi connectivity index (χ0n) is 10.1. The minimum atomic E-state index is -1.55. The van der Waals surface area contributed by atoms with E-state index in [1.54, 1.807) is 0 Å². The second-order valence-corrected chi connectivity index (χ2v) is 3.34. The summed E-state index contributed by atoms with van der Waals surface area (Å²) in [5.41, 5.74) is 0. The van der Waals surface area contributed by atoms with Gasteiger partial charge in [0.2, 0.25) is 0 Å². The quantitative estimate of drug-likeness (QED) is 0.477. The summed E-state index contributed by atoms with van der Waals surface area (Å²) in [6.07, 6.45) is -0.521. The van der Waals surface area contributed by atoms with Crippen LogP contribution in [0, 0.1) is 17.8 Å². The summed E-state index contributed by atoms with van der Waals surface area (Å²) >= 11 is 0. The Balaban J connectivity index is -0.000000653. The fraction of sp³-hybridized carbons (Fsp3) is 0.625. The van der Waals surface area contributed by atoms with Crippen molar-refractivity contribution in [3.63, 3.8) is 0 Å². The van der Waals surface area contributed by atoms with Gasteiger partial charge in [0.1, 0.15) is 0 Å². The Bertz CT molecular complexity index is 273. The first-order valence-electron chi connectivity index (χ1n) is 4.06. The van der Waals surface area contributed by atoms with Crippen LogP contribution in [0.2, 0.25) is 0 Å². The minimum absolute atomic E-state index is 0. The van der Waals surface area contributed by atoms with E-state index < -0.39 is 35.7 Å². The van der Waals surface area contributed by atoms with Gasteiger partial charge in [-0.3, -0.25) is 0 Å². The molecule has 0 radical (unpaired) electrons. The van der Waals surface area contributed by atoms with Crippen molar-refractivity contribution < 1.29 is 184 Å². The Morgan fingerprint density at radius 3 is 1.18 bits per heavy atom. The maximum absolute atomic E-state index is 10.5. The van der Waals surface area contributed by atoms with Gasteiger partial charge in [0.15, 0.2) is 0 Å². The number of hydrogen-bond donors (Lipinski definition) is 0. The van der Waals surface area contributed by atoms with Crippen LogP contribution in [0.25, 0.3) is 0 Å². The van der Waals surface area contributed by atoms with Crippen LogP contribution in [0.5, 0.6) is 0 Å². The third kappa shape index (κ3) is 7.76. The number of carbonyl (C=O) groups is 3. The predicted molar refractivity (Wildman–Crippen MR) is 34.7 cm³/mol. The van der Waals surface area contributed by atoms with Crippen LogP contribution >= 0.6 is 0 Å². The molecule has 0 aromatic heterocycles. The van der Waals surface area contributed by atoms with Crippen molar-refractivity contribution in [2.45, 2.75) is 12.8 Å². The van der Waals surface area contributed by atoms with E-state index in [0.717, 1.165) is 0 Å². The van der Waals surface area contributed by atoms with Gasteiger partial charge in [0, 0.05) is 29.7 Å². The molecule has 1 fully saturated rings. The van der Waals surface area contributed by atoms with Gasteiger partial charge >= 0.3 is 154 Å². The molecule has 0 aliphatic heterocycles. The van der Waals surface area contributed by atoms with Crippen LogP contribution in [0.1, 0.15) is 12.8 Å². The second-order valence-electron chi connectivity index (χ2n) is 3.34. The van der Waals surface area contributed by atoms with Gasteiger partial charge in [0.05, 0.1) is 0 Å². The molecule has 1 saturated carbocycles. The van der Waals surface area contributed by atoms with E-state index in [1.807, 2.05) is 0 Å². The van der Waals surface area contributed by atoms with Crippen LogP contribution in [-0.4, -0.2) is 17.9 Å². The summed E-state index contributed by atoms with van der Waals surface area (Å²) in [6.45, 7) is 0. The molecule has 0 N–H and O–H groups in total. The summed E-state index contributed by atoms with van der Waals surface area (Å²) < 4.78 is 0. The SMILES string of the molecule is O=C([O-])C1CC(C(=O)[O-])C(C(=O)[O-])C1.[K+].[K+].[K+]. The summed E-state index contributed by atoms with van der Waals surface area (Å²) in [5, 5.41) is 31.3. The van der Waals surface area contributed by atoms with Crippen molar-refractivity contribution in [2.75, 3.05) is 0 Å². The van der Waals surface area contributed by atoms with E-state index >= 15 is 0 Å². The van der Waals surface area contributed by atoms with Crippen molar-refractivity contribution in [3.8, 4) is 0 Å². The number of carboxylic acids is 3. The van der Waals surface area contributed by atoms with Gasteiger partial charge in [-0.05, 0) is 18.8 Å². The summed E-state index contributed by atoms with van der Waals surface area (Å²) in [6, 6.07) is 0. The van der Waals surface area contributed by atoms with E-state index in [2.05, 4.69) is 0 Å². The molecule has 0 aromatic carbocycles. The van der Waals surface area contributed by atoms with Gasteiger partial charge in [-0.15, -0.1) is 0 Å². The first kappa shape index (κ1) is 25.3. The number of rotatable bonds is 3. The van der Waals surface area contributed by atoms with E-state index in [1.165, 1.54) is 0 Å². The number of carboxylic acid groups (broad SMARTS) is 3. The predicted octanol–water partition coefficient (Wildman–Crippen LogP) is -13.1. The molecule has 6 nitrogen and oxygen atoms in total. The van der Waals surface area contributed by atoms with Crippen molar-refractivity contribution in [1.82, 2.24) is 0 Å². The smallest absolute Gasteiger partial charge is 0.550 e. The summed E-state index contributed by atoms with van der Waals surface area (Å²) in [5.74, 6) is -8.16. The van der Waals surface area contributed by atoms with Crippen LogP contribution in [0.15, 0.2) is 0 Å². The van der Waals surface area contributed by atoms with Gasteiger partial charge in [-0.2, -0.15) is 0 Å². The van der Waals surface area contributed by atoms with Gasteiger partial charge in [0.25, 0.3) is 0 Å². The van der Waals surface area contributed by atoms with Crippen molar-refractivity contribution in [1.29, 1.82) is 0 Å². The Kier molecular flexibility index (Phi) is 17.7. The Labute approximate surface area is 226 Å². The van der Waals surface area contributed by atoms with E-state index in [-0.39, 0.29) is 167 Å².